The molecule has 4 rings (SSSR count). The highest BCUT2D eigenvalue weighted by molar-refractivity contribution is 7.92. The van der Waals surface area contributed by atoms with Crippen LogP contribution < -0.4 is 23.8 Å². The number of hydrogen-bond donors (Lipinski definition) is 1. The SMILES string of the molecule is O=C(CN(c1ccc(F)cc1)S(=O)(=O)c1ccc2c(c1)OCCO2)NCCOc1ccc(Cl)cc1. The number of nitrogens with zero attached hydrogens (tertiary/aromatic N) is 1. The lowest BCUT2D eigenvalue weighted by Gasteiger charge is -2.25. The molecule has 8 nitrogen and oxygen atoms in total. The minimum Gasteiger partial charge on any atom is -0.492 e. The van der Waals surface area contributed by atoms with Gasteiger partial charge < -0.3 is 19.5 Å². The average Bonchev–Trinajstić information content (AvgIpc) is 2.86. The second-order valence-corrected chi connectivity index (χ2v) is 9.74. The Labute approximate surface area is 207 Å². The Morgan fingerprint density at radius 2 is 1.69 bits per heavy atom. The van der Waals surface area contributed by atoms with Crippen molar-refractivity contribution in [3.63, 3.8) is 0 Å². The first kappa shape index (κ1) is 24.6. The van der Waals surface area contributed by atoms with Crippen LogP contribution in [0.5, 0.6) is 17.2 Å². The van der Waals surface area contributed by atoms with Crippen LogP contribution in [-0.2, 0) is 14.8 Å². The minimum absolute atomic E-state index is 0.0926. The molecule has 3 aromatic rings. The van der Waals surface area contributed by atoms with Crippen LogP contribution in [0.4, 0.5) is 10.1 Å². The Morgan fingerprint density at radius 3 is 2.40 bits per heavy atom. The zero-order valence-corrected chi connectivity index (χ0v) is 20.0. The Bertz CT molecular complexity index is 1290. The molecule has 35 heavy (non-hydrogen) atoms. The molecule has 0 aliphatic carbocycles. The molecular formula is C24H22ClFN2O6S. The van der Waals surface area contributed by atoms with E-state index in [0.717, 1.165) is 16.4 Å². The molecule has 0 saturated heterocycles. The van der Waals surface area contributed by atoms with Gasteiger partial charge in [-0.3, -0.25) is 9.10 Å². The molecule has 184 valence electrons. The Hall–Kier alpha value is -3.50. The van der Waals surface area contributed by atoms with Crippen LogP contribution in [0, 0.1) is 5.82 Å². The van der Waals surface area contributed by atoms with Gasteiger partial charge in [-0.05, 0) is 60.7 Å². The van der Waals surface area contributed by atoms with E-state index in [1.165, 1.54) is 30.3 Å². The maximum Gasteiger partial charge on any atom is 0.264 e. The summed E-state index contributed by atoms with van der Waals surface area (Å²) in [6.45, 7) is 0.437. The van der Waals surface area contributed by atoms with E-state index in [0.29, 0.717) is 35.5 Å². The average molecular weight is 521 g/mol. The lowest BCUT2D eigenvalue weighted by Crippen LogP contribution is -2.42. The number of nitrogens with one attached hydrogen (secondary N) is 1. The van der Waals surface area contributed by atoms with Gasteiger partial charge in [0.2, 0.25) is 5.91 Å². The van der Waals surface area contributed by atoms with Crippen molar-refractivity contribution in [1.29, 1.82) is 0 Å². The maximum atomic E-state index is 13.5. The van der Waals surface area contributed by atoms with Crippen LogP contribution in [0.15, 0.2) is 71.6 Å². The fourth-order valence-corrected chi connectivity index (χ4v) is 4.87. The molecule has 1 aliphatic rings. The van der Waals surface area contributed by atoms with Crippen molar-refractivity contribution in [2.45, 2.75) is 4.90 Å². The third kappa shape index (κ3) is 6.14. The maximum absolute atomic E-state index is 13.5. The van der Waals surface area contributed by atoms with Crippen molar-refractivity contribution < 1.29 is 31.8 Å². The van der Waals surface area contributed by atoms with E-state index in [1.54, 1.807) is 24.3 Å². The van der Waals surface area contributed by atoms with Crippen LogP contribution >= 0.6 is 11.6 Å². The van der Waals surface area contributed by atoms with E-state index in [9.17, 15) is 17.6 Å². The first-order chi connectivity index (χ1) is 16.8. The highest BCUT2D eigenvalue weighted by Gasteiger charge is 2.29. The Kier molecular flexibility index (Phi) is 7.62. The Morgan fingerprint density at radius 1 is 1.00 bits per heavy atom. The monoisotopic (exact) mass is 520 g/mol. The summed E-state index contributed by atoms with van der Waals surface area (Å²) in [7, 11) is -4.20. The summed E-state index contributed by atoms with van der Waals surface area (Å²) in [6.07, 6.45) is 0. The van der Waals surface area contributed by atoms with Gasteiger partial charge in [0.05, 0.1) is 17.1 Å². The molecule has 0 fully saturated rings. The molecular weight excluding hydrogens is 499 g/mol. The zero-order valence-electron chi connectivity index (χ0n) is 18.4. The van der Waals surface area contributed by atoms with Crippen molar-refractivity contribution in [3.8, 4) is 17.2 Å². The van der Waals surface area contributed by atoms with E-state index in [1.807, 2.05) is 0 Å². The van der Waals surface area contributed by atoms with Crippen LogP contribution in [0.3, 0.4) is 0 Å². The van der Waals surface area contributed by atoms with Gasteiger partial charge in [0.15, 0.2) is 11.5 Å². The van der Waals surface area contributed by atoms with Crippen molar-refractivity contribution in [2.75, 3.05) is 37.2 Å². The van der Waals surface area contributed by atoms with Crippen LogP contribution in [-0.4, -0.2) is 47.2 Å². The number of amides is 1. The summed E-state index contributed by atoms with van der Waals surface area (Å²) >= 11 is 5.84. The second-order valence-electron chi connectivity index (χ2n) is 7.45. The number of sulfonamides is 1. The van der Waals surface area contributed by atoms with Crippen LogP contribution in [0.2, 0.25) is 5.02 Å². The fraction of sp³-hybridized carbons (Fsp3) is 0.208. The number of benzene rings is 3. The van der Waals surface area contributed by atoms with Crippen molar-refractivity contribution in [1.82, 2.24) is 5.32 Å². The topological polar surface area (TPSA) is 94.2 Å². The molecule has 1 N–H and O–H groups in total. The van der Waals surface area contributed by atoms with Gasteiger partial charge in [-0.25, -0.2) is 12.8 Å². The van der Waals surface area contributed by atoms with Crippen molar-refractivity contribution >= 4 is 33.2 Å². The van der Waals surface area contributed by atoms with Gasteiger partial charge in [0.25, 0.3) is 10.0 Å². The Balaban J connectivity index is 1.48. The lowest BCUT2D eigenvalue weighted by molar-refractivity contribution is -0.119. The molecule has 1 heterocycles. The number of ether oxygens (including phenoxy) is 3. The summed E-state index contributed by atoms with van der Waals surface area (Å²) in [5.41, 5.74) is 0.133. The predicted octanol–water partition coefficient (Wildman–Crippen LogP) is 3.64. The summed E-state index contributed by atoms with van der Waals surface area (Å²) < 4.78 is 57.9. The number of hydrogen-bond acceptors (Lipinski definition) is 6. The lowest BCUT2D eigenvalue weighted by atomic mass is 10.3. The summed E-state index contributed by atoms with van der Waals surface area (Å²) in [4.78, 5) is 12.6. The fourth-order valence-electron chi connectivity index (χ4n) is 3.31. The third-order valence-corrected chi connectivity index (χ3v) is 7.03. The largest absolute Gasteiger partial charge is 0.492 e. The first-order valence-corrected chi connectivity index (χ1v) is 12.5. The number of fused-ring (bicyclic) bond motifs is 1. The molecule has 3 aromatic carbocycles. The smallest absolute Gasteiger partial charge is 0.264 e. The highest BCUT2D eigenvalue weighted by atomic mass is 35.5. The first-order valence-electron chi connectivity index (χ1n) is 10.7. The summed E-state index contributed by atoms with van der Waals surface area (Å²) in [6, 6.07) is 15.8. The number of carbonyl (C=O) groups excluding carboxylic acids is 1. The third-order valence-electron chi connectivity index (χ3n) is 5.01. The van der Waals surface area contributed by atoms with Crippen LogP contribution in [0.1, 0.15) is 0 Å². The van der Waals surface area contributed by atoms with Gasteiger partial charge in [-0.15, -0.1) is 0 Å². The summed E-state index contributed by atoms with van der Waals surface area (Å²) in [5, 5.41) is 3.21. The number of anilines is 1. The number of halogens is 2. The molecule has 0 unspecified atom stereocenters. The zero-order chi connectivity index (χ0) is 24.8. The molecule has 0 saturated carbocycles. The van der Waals surface area contributed by atoms with Gasteiger partial charge >= 0.3 is 0 Å². The molecule has 1 amide bonds. The molecule has 1 aliphatic heterocycles. The van der Waals surface area contributed by atoms with E-state index in [4.69, 9.17) is 25.8 Å². The van der Waals surface area contributed by atoms with Gasteiger partial charge in [0.1, 0.15) is 37.9 Å². The van der Waals surface area contributed by atoms with E-state index in [-0.39, 0.29) is 23.7 Å². The van der Waals surface area contributed by atoms with E-state index in [2.05, 4.69) is 5.32 Å². The van der Waals surface area contributed by atoms with E-state index >= 15 is 0 Å². The highest BCUT2D eigenvalue weighted by Crippen LogP contribution is 2.34. The van der Waals surface area contributed by atoms with Crippen LogP contribution in [0.25, 0.3) is 0 Å². The number of rotatable bonds is 9. The second kappa shape index (κ2) is 10.8. The molecule has 11 heteroatoms. The predicted molar refractivity (Wildman–Crippen MR) is 128 cm³/mol. The normalized spacial score (nSPS) is 12.6. The summed E-state index contributed by atoms with van der Waals surface area (Å²) in [5.74, 6) is 0.212. The number of carbonyl (C=O) groups is 1. The van der Waals surface area contributed by atoms with Gasteiger partial charge in [0, 0.05) is 11.1 Å². The standard InChI is InChI=1S/C24H22ClFN2O6S/c25-17-1-7-20(8-2-17)32-12-11-27-24(29)16-28(19-5-3-18(26)4-6-19)35(30,31)21-9-10-22-23(15-21)34-14-13-33-22/h1-10,15H,11-14,16H2,(H,27,29). The molecule has 0 atom stereocenters. The van der Waals surface area contributed by atoms with Crippen molar-refractivity contribution in [2.24, 2.45) is 0 Å². The van der Waals surface area contributed by atoms with E-state index < -0.39 is 28.3 Å². The molecule has 0 radical (unpaired) electrons. The molecule has 0 aromatic heterocycles. The molecule has 0 bridgehead atoms. The van der Waals surface area contributed by atoms with Gasteiger partial charge in [-0.2, -0.15) is 0 Å². The molecule has 0 spiro atoms. The quantitative estimate of drug-likeness (QED) is 0.433. The van der Waals surface area contributed by atoms with Crippen molar-refractivity contribution in [3.05, 3.63) is 77.6 Å². The van der Waals surface area contributed by atoms with Gasteiger partial charge in [-0.1, -0.05) is 11.6 Å². The minimum atomic E-state index is -4.20.